The summed E-state index contributed by atoms with van der Waals surface area (Å²) in [5, 5.41) is 12.0. The Labute approximate surface area is 182 Å². The predicted octanol–water partition coefficient (Wildman–Crippen LogP) is 4.60. The van der Waals surface area contributed by atoms with Gasteiger partial charge in [0, 0.05) is 0 Å². The molecule has 0 spiro atoms. The Kier molecular flexibility index (Phi) is 6.63. The van der Waals surface area contributed by atoms with E-state index in [-0.39, 0.29) is 17.5 Å². The zero-order valence-corrected chi connectivity index (χ0v) is 18.0. The van der Waals surface area contributed by atoms with E-state index in [1.165, 1.54) is 24.3 Å². The van der Waals surface area contributed by atoms with E-state index in [0.29, 0.717) is 12.2 Å². The van der Waals surface area contributed by atoms with Crippen LogP contribution in [0, 0.1) is 5.41 Å². The van der Waals surface area contributed by atoms with Crippen LogP contribution in [0.1, 0.15) is 62.0 Å². The minimum absolute atomic E-state index is 0.134. The number of hydrogen-bond donors (Lipinski definition) is 2. The Morgan fingerprint density at radius 1 is 1.13 bits per heavy atom. The van der Waals surface area contributed by atoms with Crippen molar-refractivity contribution in [2.24, 2.45) is 5.41 Å². The number of hydrogen-bond acceptors (Lipinski definition) is 4. The van der Waals surface area contributed by atoms with Gasteiger partial charge in [-0.25, -0.2) is 14.5 Å². The van der Waals surface area contributed by atoms with E-state index in [9.17, 15) is 14.4 Å². The van der Waals surface area contributed by atoms with E-state index in [1.54, 1.807) is 6.92 Å². The van der Waals surface area contributed by atoms with Crippen molar-refractivity contribution in [2.45, 2.75) is 52.3 Å². The molecule has 0 aliphatic carbocycles. The third-order valence-electron chi connectivity index (χ3n) is 5.87. The average Bonchev–Trinajstić information content (AvgIpc) is 2.78. The maximum Gasteiger partial charge on any atom is 0.335 e. The first-order valence-electron chi connectivity index (χ1n) is 10.5. The van der Waals surface area contributed by atoms with Gasteiger partial charge in [-0.05, 0) is 49.6 Å². The first kappa shape index (κ1) is 22.3. The van der Waals surface area contributed by atoms with Crippen LogP contribution in [0.25, 0.3) is 0 Å². The third-order valence-corrected chi connectivity index (χ3v) is 5.87. The average molecular weight is 424 g/mol. The maximum absolute atomic E-state index is 13.1. The lowest BCUT2D eigenvalue weighted by Gasteiger charge is -2.51. The number of aromatic carboxylic acids is 1. The smallest absolute Gasteiger partial charge is 0.335 e. The highest BCUT2D eigenvalue weighted by Crippen LogP contribution is 2.43. The van der Waals surface area contributed by atoms with Crippen LogP contribution in [0.3, 0.4) is 0 Å². The normalized spacial score (nSPS) is 21.2. The van der Waals surface area contributed by atoms with E-state index >= 15 is 0 Å². The fourth-order valence-electron chi connectivity index (χ4n) is 3.73. The number of benzene rings is 2. The van der Waals surface area contributed by atoms with E-state index in [0.717, 1.165) is 23.3 Å². The number of nitrogens with one attached hydrogen (secondary N) is 1. The second-order valence-corrected chi connectivity index (χ2v) is 7.95. The number of carboxylic acids is 1. The van der Waals surface area contributed by atoms with Crippen LogP contribution in [-0.2, 0) is 4.79 Å². The molecule has 0 unspecified atom stereocenters. The molecule has 7 nitrogen and oxygen atoms in total. The molecule has 1 saturated heterocycles. The molecule has 1 fully saturated rings. The molecule has 1 heterocycles. The molecule has 0 bridgehead atoms. The van der Waals surface area contributed by atoms with E-state index in [1.807, 2.05) is 44.2 Å². The zero-order chi connectivity index (χ0) is 22.6. The number of rotatable bonds is 8. The Morgan fingerprint density at radius 3 is 2.32 bits per heavy atom. The van der Waals surface area contributed by atoms with E-state index in [4.69, 9.17) is 9.84 Å². The standard InChI is InChI=1S/C24H28N2O5/c1-4-9-19(16-10-7-6-8-11-16)25-23(30)26-21(29)24(3,5-2)22(26)31-18-14-12-17(13-15-18)20(27)28/h6-8,10-15,19,22H,4-5,9H2,1-3H3,(H,25,30)(H,27,28)/t19-,22+,24+/m1/s1. The minimum atomic E-state index is -1.03. The number of carbonyl (C=O) groups is 3. The Balaban J connectivity index is 1.79. The molecule has 3 atom stereocenters. The van der Waals surface area contributed by atoms with Crippen LogP contribution in [0.5, 0.6) is 5.75 Å². The maximum atomic E-state index is 13.1. The molecule has 2 aromatic rings. The van der Waals surface area contributed by atoms with Crippen LogP contribution in [0.15, 0.2) is 54.6 Å². The van der Waals surface area contributed by atoms with Gasteiger partial charge in [-0.3, -0.25) is 4.79 Å². The summed E-state index contributed by atoms with van der Waals surface area (Å²) < 4.78 is 5.99. The summed E-state index contributed by atoms with van der Waals surface area (Å²) in [4.78, 5) is 38.1. The monoisotopic (exact) mass is 424 g/mol. The Bertz CT molecular complexity index is 944. The minimum Gasteiger partial charge on any atom is -0.478 e. The molecular weight excluding hydrogens is 396 g/mol. The van der Waals surface area contributed by atoms with Gasteiger partial charge in [0.2, 0.25) is 5.91 Å². The number of carbonyl (C=O) groups excluding carboxylic acids is 2. The van der Waals surface area contributed by atoms with E-state index in [2.05, 4.69) is 5.32 Å². The summed E-state index contributed by atoms with van der Waals surface area (Å²) in [6.45, 7) is 5.69. The first-order valence-corrected chi connectivity index (χ1v) is 10.5. The largest absolute Gasteiger partial charge is 0.478 e. The number of β-lactam (4-membered cyclic amide) rings is 1. The molecule has 3 amide bonds. The van der Waals surface area contributed by atoms with E-state index < -0.39 is 23.6 Å². The van der Waals surface area contributed by atoms with Crippen molar-refractivity contribution in [3.8, 4) is 5.75 Å². The summed E-state index contributed by atoms with van der Waals surface area (Å²) in [5.41, 5.74) is 0.274. The van der Waals surface area contributed by atoms with Crippen molar-refractivity contribution in [3.05, 3.63) is 65.7 Å². The van der Waals surface area contributed by atoms with Gasteiger partial charge in [0.25, 0.3) is 0 Å². The van der Waals surface area contributed by atoms with Gasteiger partial charge in [-0.15, -0.1) is 0 Å². The van der Waals surface area contributed by atoms with Crippen molar-refractivity contribution in [1.29, 1.82) is 0 Å². The number of carboxylic acid groups (broad SMARTS) is 1. The van der Waals surface area contributed by atoms with Gasteiger partial charge in [-0.2, -0.15) is 0 Å². The molecular formula is C24H28N2O5. The first-order chi connectivity index (χ1) is 14.8. The second kappa shape index (κ2) is 9.20. The molecule has 2 N–H and O–H groups in total. The molecule has 0 saturated carbocycles. The fourth-order valence-corrected chi connectivity index (χ4v) is 3.73. The number of nitrogens with zero attached hydrogens (tertiary/aromatic N) is 1. The summed E-state index contributed by atoms with van der Waals surface area (Å²) in [7, 11) is 0. The molecule has 2 aromatic carbocycles. The summed E-state index contributed by atoms with van der Waals surface area (Å²) >= 11 is 0. The van der Waals surface area contributed by atoms with Gasteiger partial charge in [0.05, 0.1) is 11.6 Å². The number of urea groups is 1. The zero-order valence-electron chi connectivity index (χ0n) is 18.0. The molecule has 31 heavy (non-hydrogen) atoms. The van der Waals surface area contributed by atoms with Crippen LogP contribution in [0.4, 0.5) is 4.79 Å². The SMILES string of the molecule is CCC[C@@H](NC(=O)N1C(=O)[C@](C)(CC)[C@@H]1Oc1ccc(C(=O)O)cc1)c1ccccc1. The second-order valence-electron chi connectivity index (χ2n) is 7.95. The lowest BCUT2D eigenvalue weighted by atomic mass is 9.76. The summed E-state index contributed by atoms with van der Waals surface area (Å²) in [5.74, 6) is -0.927. The Morgan fingerprint density at radius 2 is 1.77 bits per heavy atom. The number of amides is 3. The quantitative estimate of drug-likeness (QED) is 0.604. The Hall–Kier alpha value is -3.35. The van der Waals surface area contributed by atoms with Crippen molar-refractivity contribution in [1.82, 2.24) is 10.2 Å². The fraction of sp³-hybridized carbons (Fsp3) is 0.375. The van der Waals surface area contributed by atoms with Crippen LogP contribution < -0.4 is 10.1 Å². The molecule has 0 aromatic heterocycles. The lowest BCUT2D eigenvalue weighted by Crippen LogP contribution is -2.72. The van der Waals surface area contributed by atoms with Crippen molar-refractivity contribution >= 4 is 17.9 Å². The summed E-state index contributed by atoms with van der Waals surface area (Å²) in [6, 6.07) is 14.9. The molecule has 7 heteroatoms. The predicted molar refractivity (Wildman–Crippen MR) is 116 cm³/mol. The molecule has 164 valence electrons. The van der Waals surface area contributed by atoms with Gasteiger partial charge < -0.3 is 15.2 Å². The topological polar surface area (TPSA) is 95.9 Å². The lowest BCUT2D eigenvalue weighted by molar-refractivity contribution is -0.186. The van der Waals surface area contributed by atoms with Gasteiger partial charge in [0.1, 0.15) is 11.2 Å². The number of imide groups is 1. The molecule has 3 rings (SSSR count). The third kappa shape index (κ3) is 4.40. The van der Waals surface area contributed by atoms with Crippen molar-refractivity contribution in [2.75, 3.05) is 0 Å². The van der Waals surface area contributed by atoms with Gasteiger partial charge >= 0.3 is 12.0 Å². The molecule has 1 aliphatic rings. The summed E-state index contributed by atoms with van der Waals surface area (Å²) in [6.07, 6.45) is 1.34. The van der Waals surface area contributed by atoms with Crippen molar-refractivity contribution in [3.63, 3.8) is 0 Å². The van der Waals surface area contributed by atoms with Crippen LogP contribution >= 0.6 is 0 Å². The molecule has 1 aliphatic heterocycles. The highest BCUT2D eigenvalue weighted by atomic mass is 16.5. The highest BCUT2D eigenvalue weighted by molar-refractivity contribution is 6.03. The van der Waals surface area contributed by atoms with Crippen LogP contribution in [0.2, 0.25) is 0 Å². The number of likely N-dealkylation sites (tertiary alicyclic amines) is 1. The molecule has 0 radical (unpaired) electrons. The van der Waals surface area contributed by atoms with Gasteiger partial charge in [-0.1, -0.05) is 50.6 Å². The van der Waals surface area contributed by atoms with Crippen molar-refractivity contribution < 1.29 is 24.2 Å². The van der Waals surface area contributed by atoms with Gasteiger partial charge in [0.15, 0.2) is 6.23 Å². The highest BCUT2D eigenvalue weighted by Gasteiger charge is 2.61. The van der Waals surface area contributed by atoms with Crippen LogP contribution in [-0.4, -0.2) is 34.1 Å². The number of ether oxygens (including phenoxy) is 1.